The lowest BCUT2D eigenvalue weighted by molar-refractivity contribution is -0.263. The Labute approximate surface area is 163 Å². The van der Waals surface area contributed by atoms with Crippen molar-refractivity contribution in [1.82, 2.24) is 15.1 Å². The van der Waals surface area contributed by atoms with Crippen LogP contribution in [0.3, 0.4) is 0 Å². The molecule has 1 heterocycles. The van der Waals surface area contributed by atoms with Crippen molar-refractivity contribution in [2.45, 2.75) is 11.8 Å². The van der Waals surface area contributed by atoms with Crippen molar-refractivity contribution in [3.8, 4) is 11.3 Å². The van der Waals surface area contributed by atoms with Crippen molar-refractivity contribution in [2.75, 3.05) is 6.54 Å². The van der Waals surface area contributed by atoms with Gasteiger partial charge in [0, 0.05) is 12.6 Å². The molecule has 2 aromatic carbocycles. The zero-order chi connectivity index (χ0) is 21.2. The molecule has 1 atom stereocenters. The molecule has 1 amide bonds. The van der Waals surface area contributed by atoms with E-state index in [0.29, 0.717) is 11.3 Å². The molecule has 0 aliphatic carbocycles. The van der Waals surface area contributed by atoms with E-state index in [0.717, 1.165) is 12.1 Å². The van der Waals surface area contributed by atoms with E-state index in [2.05, 4.69) is 10.4 Å². The Hall–Kier alpha value is -3.20. The quantitative estimate of drug-likeness (QED) is 0.637. The van der Waals surface area contributed by atoms with Gasteiger partial charge in [0.25, 0.3) is 5.91 Å². The summed E-state index contributed by atoms with van der Waals surface area (Å²) in [5, 5.41) is 16.6. The van der Waals surface area contributed by atoms with Gasteiger partial charge in [0.1, 0.15) is 11.5 Å². The number of carbonyl (C=O) groups excluding carboxylic acids is 1. The zero-order valence-corrected chi connectivity index (χ0v) is 15.2. The monoisotopic (exact) mass is 407 g/mol. The van der Waals surface area contributed by atoms with Gasteiger partial charge in [0.15, 0.2) is 0 Å². The van der Waals surface area contributed by atoms with Gasteiger partial charge < -0.3 is 10.4 Å². The summed E-state index contributed by atoms with van der Waals surface area (Å²) in [6.07, 6.45) is -5.01. The molecule has 1 aromatic heterocycles. The van der Waals surface area contributed by atoms with E-state index in [1.54, 1.807) is 0 Å². The lowest BCUT2D eigenvalue weighted by Crippen LogP contribution is -2.51. The van der Waals surface area contributed by atoms with Crippen molar-refractivity contribution in [3.63, 3.8) is 0 Å². The zero-order valence-electron chi connectivity index (χ0n) is 15.2. The van der Waals surface area contributed by atoms with E-state index in [-0.39, 0.29) is 11.3 Å². The minimum absolute atomic E-state index is 0.0121. The summed E-state index contributed by atoms with van der Waals surface area (Å²) < 4.78 is 54.8. The molecule has 0 bridgehead atoms. The summed E-state index contributed by atoms with van der Waals surface area (Å²) in [5.41, 5.74) is -2.75. The van der Waals surface area contributed by atoms with Crippen LogP contribution in [0.1, 0.15) is 16.1 Å². The first-order chi connectivity index (χ1) is 13.6. The number of aryl methyl sites for hydroxylation is 1. The first kappa shape index (κ1) is 20.5. The Morgan fingerprint density at radius 3 is 2.31 bits per heavy atom. The van der Waals surface area contributed by atoms with Crippen LogP contribution in [0, 0.1) is 5.82 Å². The van der Waals surface area contributed by atoms with Gasteiger partial charge in [-0.2, -0.15) is 18.3 Å². The number of carbonyl (C=O) groups is 1. The average Bonchev–Trinajstić information content (AvgIpc) is 3.08. The van der Waals surface area contributed by atoms with Gasteiger partial charge in [-0.3, -0.25) is 9.48 Å². The minimum Gasteiger partial charge on any atom is -0.375 e. The molecule has 0 radical (unpaired) electrons. The molecule has 0 aliphatic rings. The van der Waals surface area contributed by atoms with Crippen LogP contribution in [0.15, 0.2) is 60.7 Å². The first-order valence-electron chi connectivity index (χ1n) is 8.54. The van der Waals surface area contributed by atoms with E-state index < -0.39 is 30.0 Å². The molecule has 9 heteroatoms. The van der Waals surface area contributed by atoms with Crippen LogP contribution >= 0.6 is 0 Å². The number of hydrogen-bond acceptors (Lipinski definition) is 3. The normalized spacial score (nSPS) is 13.7. The SMILES string of the molecule is Cn1nc(-c2ccc(F)cc2)cc1C(=O)NCC(O)(c1ccccc1)C(F)(F)F. The van der Waals surface area contributed by atoms with E-state index in [4.69, 9.17) is 0 Å². The average molecular weight is 407 g/mol. The maximum absolute atomic E-state index is 13.5. The third kappa shape index (κ3) is 4.14. The number of alkyl halides is 3. The van der Waals surface area contributed by atoms with Crippen LogP contribution < -0.4 is 5.32 Å². The van der Waals surface area contributed by atoms with Crippen molar-refractivity contribution < 1.29 is 27.5 Å². The third-order valence-corrected chi connectivity index (χ3v) is 4.48. The maximum atomic E-state index is 13.5. The van der Waals surface area contributed by atoms with Gasteiger partial charge in [0.05, 0.1) is 12.2 Å². The van der Waals surface area contributed by atoms with Crippen LogP contribution in [0.2, 0.25) is 0 Å². The van der Waals surface area contributed by atoms with Crippen LogP contribution in [0.4, 0.5) is 17.6 Å². The minimum atomic E-state index is -5.01. The number of amides is 1. The highest BCUT2D eigenvalue weighted by atomic mass is 19.4. The van der Waals surface area contributed by atoms with Crippen molar-refractivity contribution in [3.05, 3.63) is 77.7 Å². The summed E-state index contributed by atoms with van der Waals surface area (Å²) >= 11 is 0. The Balaban J connectivity index is 1.82. The number of aromatic nitrogens is 2. The van der Waals surface area contributed by atoms with Crippen molar-refractivity contribution in [1.29, 1.82) is 0 Å². The second-order valence-electron chi connectivity index (χ2n) is 6.45. The molecule has 0 aliphatic heterocycles. The fraction of sp³-hybridized carbons (Fsp3) is 0.200. The van der Waals surface area contributed by atoms with E-state index >= 15 is 0 Å². The number of rotatable bonds is 5. The molecule has 29 heavy (non-hydrogen) atoms. The summed E-state index contributed by atoms with van der Waals surface area (Å²) in [6.45, 7) is -1.07. The second kappa shape index (κ2) is 7.67. The van der Waals surface area contributed by atoms with Gasteiger partial charge in [0.2, 0.25) is 5.60 Å². The van der Waals surface area contributed by atoms with Gasteiger partial charge in [-0.1, -0.05) is 30.3 Å². The summed E-state index contributed by atoms with van der Waals surface area (Å²) in [7, 11) is 1.45. The summed E-state index contributed by atoms with van der Waals surface area (Å²) in [5.74, 6) is -1.28. The number of halogens is 4. The Bertz CT molecular complexity index is 1000. The highest BCUT2D eigenvalue weighted by molar-refractivity contribution is 5.93. The predicted octanol–water partition coefficient (Wildman–Crippen LogP) is 3.41. The van der Waals surface area contributed by atoms with E-state index in [9.17, 15) is 27.5 Å². The Morgan fingerprint density at radius 2 is 1.72 bits per heavy atom. The third-order valence-electron chi connectivity index (χ3n) is 4.48. The topological polar surface area (TPSA) is 67.2 Å². The van der Waals surface area contributed by atoms with Crippen LogP contribution in [0.25, 0.3) is 11.3 Å². The number of nitrogens with one attached hydrogen (secondary N) is 1. The summed E-state index contributed by atoms with van der Waals surface area (Å²) in [6, 6.07) is 13.3. The van der Waals surface area contributed by atoms with Crippen LogP contribution in [-0.2, 0) is 12.6 Å². The molecule has 3 aromatic rings. The highest BCUT2D eigenvalue weighted by Crippen LogP contribution is 2.38. The predicted molar refractivity (Wildman–Crippen MR) is 97.3 cm³/mol. The molecular formula is C20H17F4N3O2. The molecule has 0 fully saturated rings. The number of nitrogens with zero attached hydrogens (tertiary/aromatic N) is 2. The van der Waals surface area contributed by atoms with Crippen molar-refractivity contribution in [2.24, 2.45) is 7.05 Å². The molecule has 3 rings (SSSR count). The van der Waals surface area contributed by atoms with E-state index in [1.165, 1.54) is 60.3 Å². The van der Waals surface area contributed by atoms with Gasteiger partial charge in [-0.25, -0.2) is 4.39 Å². The second-order valence-corrected chi connectivity index (χ2v) is 6.45. The molecule has 0 spiro atoms. The Morgan fingerprint density at radius 1 is 1.10 bits per heavy atom. The standard InChI is InChI=1S/C20H17F4N3O2/c1-27-17(11-16(26-27)13-7-9-15(21)10-8-13)18(28)25-12-19(29,20(22,23)24)14-5-3-2-4-6-14/h2-11,29H,12H2,1H3,(H,25,28). The maximum Gasteiger partial charge on any atom is 0.423 e. The fourth-order valence-electron chi connectivity index (χ4n) is 2.82. The molecule has 2 N–H and O–H groups in total. The molecule has 152 valence electrons. The van der Waals surface area contributed by atoms with E-state index in [1.807, 2.05) is 0 Å². The number of aliphatic hydroxyl groups is 1. The molecule has 0 saturated carbocycles. The molecule has 0 saturated heterocycles. The first-order valence-corrected chi connectivity index (χ1v) is 8.54. The number of hydrogen-bond donors (Lipinski definition) is 2. The smallest absolute Gasteiger partial charge is 0.375 e. The molecule has 1 unspecified atom stereocenters. The number of benzene rings is 2. The highest BCUT2D eigenvalue weighted by Gasteiger charge is 2.55. The Kier molecular flexibility index (Phi) is 5.43. The summed E-state index contributed by atoms with van der Waals surface area (Å²) in [4.78, 5) is 12.5. The fourth-order valence-corrected chi connectivity index (χ4v) is 2.82. The molecule has 5 nitrogen and oxygen atoms in total. The van der Waals surface area contributed by atoms with Crippen LogP contribution in [-0.4, -0.2) is 33.5 Å². The van der Waals surface area contributed by atoms with Gasteiger partial charge in [-0.15, -0.1) is 0 Å². The molecular weight excluding hydrogens is 390 g/mol. The lowest BCUT2D eigenvalue weighted by atomic mass is 9.93. The van der Waals surface area contributed by atoms with Gasteiger partial charge >= 0.3 is 6.18 Å². The lowest BCUT2D eigenvalue weighted by Gasteiger charge is -2.31. The van der Waals surface area contributed by atoms with Gasteiger partial charge in [-0.05, 0) is 35.9 Å². The largest absolute Gasteiger partial charge is 0.423 e. The van der Waals surface area contributed by atoms with Crippen molar-refractivity contribution >= 4 is 5.91 Å². The van der Waals surface area contributed by atoms with Crippen LogP contribution in [0.5, 0.6) is 0 Å².